The number of ether oxygens (including phenoxy) is 1. The molecule has 0 radical (unpaired) electrons. The molecule has 88 valence electrons. The topological polar surface area (TPSA) is 26.3 Å². The summed E-state index contributed by atoms with van der Waals surface area (Å²) in [6, 6.07) is 8.76. The summed E-state index contributed by atoms with van der Waals surface area (Å²) >= 11 is -0.398. The van der Waals surface area contributed by atoms with Crippen LogP contribution < -0.4 is 0 Å². The molecule has 0 aliphatic heterocycles. The molecule has 0 fully saturated rings. The van der Waals surface area contributed by atoms with Gasteiger partial charge in [0.2, 0.25) is 0 Å². The van der Waals surface area contributed by atoms with Gasteiger partial charge in [0.15, 0.2) is 0 Å². The van der Waals surface area contributed by atoms with Crippen molar-refractivity contribution >= 4 is 17.7 Å². The van der Waals surface area contributed by atoms with Crippen molar-refractivity contribution in [2.45, 2.75) is 12.1 Å². The Balaban J connectivity index is 2.26. The molecule has 0 heterocycles. The normalized spacial score (nSPS) is 11.2. The van der Waals surface area contributed by atoms with E-state index in [1.165, 1.54) is 0 Å². The zero-order chi connectivity index (χ0) is 12.0. The van der Waals surface area contributed by atoms with Gasteiger partial charge in [0.25, 0.3) is 0 Å². The van der Waals surface area contributed by atoms with Gasteiger partial charge >= 0.3 is 11.5 Å². The number of carbonyl (C=O) groups is 1. The molecular weight excluding hydrogens is 240 g/mol. The van der Waals surface area contributed by atoms with Gasteiger partial charge in [-0.25, -0.2) is 0 Å². The van der Waals surface area contributed by atoms with Crippen LogP contribution >= 0.6 is 11.8 Å². The van der Waals surface area contributed by atoms with Crippen LogP contribution in [0.15, 0.2) is 30.3 Å². The van der Waals surface area contributed by atoms with E-state index in [2.05, 4.69) is 4.74 Å². The standard InChI is InChI=1S/C10H9F3O2S/c11-10(12,13)16-7-9(14)15-6-8-4-2-1-3-5-8/h1-5H,6-7H2/i11-1. The Morgan fingerprint density at radius 2 is 1.88 bits per heavy atom. The second kappa shape index (κ2) is 5.79. The molecule has 0 amide bonds. The summed E-state index contributed by atoms with van der Waals surface area (Å²) in [5, 5.41) is 0. The molecule has 6 heteroatoms. The average molecular weight is 249 g/mol. The van der Waals surface area contributed by atoms with Gasteiger partial charge in [0, 0.05) is 0 Å². The van der Waals surface area contributed by atoms with Crippen molar-refractivity contribution in [3.63, 3.8) is 0 Å². The van der Waals surface area contributed by atoms with Crippen molar-refractivity contribution in [1.82, 2.24) is 0 Å². The van der Waals surface area contributed by atoms with E-state index < -0.39 is 29.0 Å². The van der Waals surface area contributed by atoms with E-state index in [-0.39, 0.29) is 6.61 Å². The zero-order valence-electron chi connectivity index (χ0n) is 8.16. The minimum Gasteiger partial charge on any atom is -0.460 e. The summed E-state index contributed by atoms with van der Waals surface area (Å²) < 4.78 is 39.9. The number of hydrogen-bond donors (Lipinski definition) is 0. The minimum absolute atomic E-state index is 0.00189. The van der Waals surface area contributed by atoms with Crippen LogP contribution in [-0.4, -0.2) is 17.2 Å². The maximum atomic E-state index is 11.7. The zero-order valence-corrected chi connectivity index (χ0v) is 8.98. The lowest BCUT2D eigenvalue weighted by Gasteiger charge is -2.06. The van der Waals surface area contributed by atoms with Gasteiger partial charge < -0.3 is 4.74 Å². The smallest absolute Gasteiger partial charge is 0.442 e. The molecule has 0 spiro atoms. The monoisotopic (exact) mass is 249 g/mol. The van der Waals surface area contributed by atoms with E-state index in [4.69, 9.17) is 0 Å². The van der Waals surface area contributed by atoms with Gasteiger partial charge in [-0.3, -0.25) is 4.79 Å². The highest BCUT2D eigenvalue weighted by atomic mass is 32.2. The number of halogens is 3. The van der Waals surface area contributed by atoms with Crippen molar-refractivity contribution in [2.75, 3.05) is 5.75 Å². The van der Waals surface area contributed by atoms with Gasteiger partial charge in [-0.15, -0.1) is 0 Å². The lowest BCUT2D eigenvalue weighted by atomic mass is 10.2. The molecule has 16 heavy (non-hydrogen) atoms. The van der Waals surface area contributed by atoms with Crippen LogP contribution in [0.25, 0.3) is 0 Å². The van der Waals surface area contributed by atoms with Crippen LogP contribution in [-0.2, 0) is 16.1 Å². The van der Waals surface area contributed by atoms with Gasteiger partial charge in [0.05, 0.1) is 0 Å². The molecule has 1 aromatic rings. The van der Waals surface area contributed by atoms with Crippen LogP contribution in [0, 0.1) is 0 Å². The van der Waals surface area contributed by atoms with Crippen LogP contribution in [0.3, 0.4) is 0 Å². The van der Waals surface area contributed by atoms with Gasteiger partial charge in [-0.1, -0.05) is 30.3 Å². The summed E-state index contributed by atoms with van der Waals surface area (Å²) in [6.45, 7) is -0.00189. The highest BCUT2D eigenvalue weighted by Gasteiger charge is 2.29. The first-order valence-corrected chi connectivity index (χ1v) is 5.36. The Labute approximate surface area is 94.8 Å². The summed E-state index contributed by atoms with van der Waals surface area (Å²) in [4.78, 5) is 10.9. The molecule has 0 bridgehead atoms. The number of carbonyl (C=O) groups excluding carboxylic acids is 1. The lowest BCUT2D eigenvalue weighted by molar-refractivity contribution is -0.141. The summed E-state index contributed by atoms with van der Waals surface area (Å²) in [5.41, 5.74) is -3.65. The maximum absolute atomic E-state index is 11.7. The number of benzene rings is 1. The first kappa shape index (κ1) is 12.9. The highest BCUT2D eigenvalue weighted by Crippen LogP contribution is 2.29. The first-order valence-electron chi connectivity index (χ1n) is 4.37. The Bertz CT molecular complexity index is 338. The SMILES string of the molecule is O=C(CSC(F)(F)[18F])OCc1ccccc1. The molecular formula is C10H9F3O2S. The third-order valence-electron chi connectivity index (χ3n) is 1.60. The van der Waals surface area contributed by atoms with E-state index in [0.29, 0.717) is 0 Å². The molecule has 1 rings (SSSR count). The van der Waals surface area contributed by atoms with Gasteiger partial charge in [-0.2, -0.15) is 13.2 Å². The summed E-state index contributed by atoms with van der Waals surface area (Å²) in [7, 11) is 0. The van der Waals surface area contributed by atoms with Crippen molar-refractivity contribution < 1.29 is 22.7 Å². The van der Waals surface area contributed by atoms with Gasteiger partial charge in [0.1, 0.15) is 12.4 Å². The Morgan fingerprint density at radius 3 is 2.44 bits per heavy atom. The van der Waals surface area contributed by atoms with E-state index >= 15 is 0 Å². The number of alkyl halides is 3. The van der Waals surface area contributed by atoms with Crippen molar-refractivity contribution in [2.24, 2.45) is 0 Å². The molecule has 0 N–H and O–H groups in total. The van der Waals surface area contributed by atoms with Crippen LogP contribution in [0.2, 0.25) is 0 Å². The van der Waals surface area contributed by atoms with Crippen molar-refractivity contribution in [3.05, 3.63) is 35.9 Å². The fourth-order valence-corrected chi connectivity index (χ4v) is 1.29. The van der Waals surface area contributed by atoms with Crippen LogP contribution in [0.1, 0.15) is 5.56 Å². The summed E-state index contributed by atoms with van der Waals surface area (Å²) in [5.74, 6) is -1.58. The quantitative estimate of drug-likeness (QED) is 0.767. The Kier molecular flexibility index (Phi) is 4.67. The number of thioether (sulfide) groups is 1. The summed E-state index contributed by atoms with van der Waals surface area (Å²) in [6.07, 6.45) is 0. The van der Waals surface area contributed by atoms with E-state index in [0.717, 1.165) is 5.56 Å². The second-order valence-corrected chi connectivity index (χ2v) is 3.92. The Hall–Kier alpha value is -1.17. The predicted molar refractivity (Wildman–Crippen MR) is 54.8 cm³/mol. The molecule has 0 aliphatic carbocycles. The molecule has 0 saturated heterocycles. The predicted octanol–water partition coefficient (Wildman–Crippen LogP) is 2.98. The molecule has 0 aromatic heterocycles. The molecule has 1 aromatic carbocycles. The third-order valence-corrected chi connectivity index (χ3v) is 2.30. The lowest BCUT2D eigenvalue weighted by Crippen LogP contribution is -2.11. The third kappa shape index (κ3) is 5.65. The van der Waals surface area contributed by atoms with Crippen molar-refractivity contribution in [1.29, 1.82) is 0 Å². The molecule has 0 aliphatic rings. The van der Waals surface area contributed by atoms with Gasteiger partial charge in [-0.05, 0) is 17.3 Å². The largest absolute Gasteiger partial charge is 0.460 e. The minimum atomic E-state index is -4.40. The first-order chi connectivity index (χ1) is 7.47. The fourth-order valence-electron chi connectivity index (χ4n) is 0.920. The van der Waals surface area contributed by atoms with Crippen molar-refractivity contribution in [3.8, 4) is 0 Å². The molecule has 0 saturated carbocycles. The molecule has 2 nitrogen and oxygen atoms in total. The average Bonchev–Trinajstić information content (AvgIpc) is 2.24. The number of rotatable bonds is 4. The van der Waals surface area contributed by atoms with Crippen LogP contribution in [0.5, 0.6) is 0 Å². The molecule has 0 atom stereocenters. The fraction of sp³-hybridized carbons (Fsp3) is 0.300. The van der Waals surface area contributed by atoms with E-state index in [9.17, 15) is 18.0 Å². The number of esters is 1. The Morgan fingerprint density at radius 1 is 1.25 bits per heavy atom. The van der Waals surface area contributed by atoms with E-state index in [1.807, 2.05) is 0 Å². The molecule has 0 unspecified atom stereocenters. The number of hydrogen-bond acceptors (Lipinski definition) is 3. The second-order valence-electron chi connectivity index (χ2n) is 2.88. The van der Waals surface area contributed by atoms with Crippen LogP contribution in [0.4, 0.5) is 13.2 Å². The van der Waals surface area contributed by atoms with E-state index in [1.54, 1.807) is 30.3 Å². The maximum Gasteiger partial charge on any atom is 0.442 e. The highest BCUT2D eigenvalue weighted by molar-refractivity contribution is 8.00.